The minimum atomic E-state index is 0.820. The van der Waals surface area contributed by atoms with E-state index in [1.165, 1.54) is 21.5 Å². The van der Waals surface area contributed by atoms with Gasteiger partial charge in [0.2, 0.25) is 0 Å². The molecule has 1 radical (unpaired) electrons. The van der Waals surface area contributed by atoms with Crippen molar-refractivity contribution < 1.29 is 0 Å². The molecule has 0 saturated heterocycles. The zero-order valence-corrected chi connectivity index (χ0v) is 10.1. The van der Waals surface area contributed by atoms with Crippen molar-refractivity contribution in [3.05, 3.63) is 60.8 Å². The molecule has 3 heteroatoms. The maximum atomic E-state index is 3.74. The molecular formula is C16H10N3. The Balaban J connectivity index is 2.12. The van der Waals surface area contributed by atoms with Crippen LogP contribution in [0.2, 0.25) is 0 Å². The lowest BCUT2D eigenvalue weighted by molar-refractivity contribution is 0.940. The molecule has 1 aromatic heterocycles. The summed E-state index contributed by atoms with van der Waals surface area (Å²) >= 11 is 0. The summed E-state index contributed by atoms with van der Waals surface area (Å²) in [7, 11) is 0. The first-order valence-corrected chi connectivity index (χ1v) is 6.12. The third kappa shape index (κ3) is 1.59. The van der Waals surface area contributed by atoms with E-state index in [0.29, 0.717) is 0 Å². The molecule has 19 heavy (non-hydrogen) atoms. The maximum absolute atomic E-state index is 3.74. The van der Waals surface area contributed by atoms with Crippen molar-refractivity contribution in [1.82, 2.24) is 15.4 Å². The van der Waals surface area contributed by atoms with Gasteiger partial charge in [-0.3, -0.25) is 5.10 Å². The maximum Gasteiger partial charge on any atom is 0.143 e. The predicted molar refractivity (Wildman–Crippen MR) is 75.7 cm³/mol. The van der Waals surface area contributed by atoms with Crippen LogP contribution in [0.3, 0.4) is 0 Å². The Morgan fingerprint density at radius 2 is 1.63 bits per heavy atom. The largest absolute Gasteiger partial charge is 0.257 e. The molecule has 3 nitrogen and oxygen atoms in total. The van der Waals surface area contributed by atoms with E-state index in [4.69, 9.17) is 0 Å². The number of fused-ring (bicyclic) bond motifs is 2. The number of aromatic nitrogens is 3. The summed E-state index contributed by atoms with van der Waals surface area (Å²) in [5.74, 6) is 0. The Morgan fingerprint density at radius 3 is 2.42 bits per heavy atom. The number of nitrogens with zero attached hydrogens (tertiary/aromatic N) is 2. The second kappa shape index (κ2) is 3.92. The smallest absolute Gasteiger partial charge is 0.143 e. The van der Waals surface area contributed by atoms with Crippen molar-refractivity contribution in [3.8, 4) is 11.3 Å². The van der Waals surface area contributed by atoms with Crippen LogP contribution < -0.4 is 0 Å². The monoisotopic (exact) mass is 244 g/mol. The molecule has 4 aromatic rings. The zero-order valence-electron chi connectivity index (χ0n) is 10.1. The molecule has 0 aliphatic heterocycles. The van der Waals surface area contributed by atoms with Gasteiger partial charge in [0.1, 0.15) is 6.20 Å². The average molecular weight is 244 g/mol. The van der Waals surface area contributed by atoms with E-state index >= 15 is 0 Å². The van der Waals surface area contributed by atoms with Crippen LogP contribution in [0.5, 0.6) is 0 Å². The van der Waals surface area contributed by atoms with Gasteiger partial charge in [0.05, 0.1) is 5.69 Å². The summed E-state index contributed by atoms with van der Waals surface area (Å²) in [5.41, 5.74) is 1.90. The Bertz CT molecular complexity index is 864. The van der Waals surface area contributed by atoms with Crippen LogP contribution in [0.25, 0.3) is 32.8 Å². The molecule has 0 aliphatic carbocycles. The topological polar surface area (TPSA) is 41.6 Å². The fraction of sp³-hybridized carbons (Fsp3) is 0. The van der Waals surface area contributed by atoms with Gasteiger partial charge in [-0.2, -0.15) is 0 Å². The quantitative estimate of drug-likeness (QED) is 0.520. The molecule has 89 valence electrons. The number of benzene rings is 3. The van der Waals surface area contributed by atoms with Crippen LogP contribution in [0.1, 0.15) is 0 Å². The Hall–Kier alpha value is -2.68. The minimum absolute atomic E-state index is 0.820. The van der Waals surface area contributed by atoms with Gasteiger partial charge in [0.25, 0.3) is 0 Å². The molecule has 1 N–H and O–H groups in total. The highest BCUT2D eigenvalue weighted by molar-refractivity contribution is 6.04. The van der Waals surface area contributed by atoms with E-state index in [9.17, 15) is 0 Å². The first-order valence-electron chi connectivity index (χ1n) is 6.12. The van der Waals surface area contributed by atoms with Crippen LogP contribution in [0.4, 0.5) is 0 Å². The Morgan fingerprint density at radius 1 is 0.842 bits per heavy atom. The highest BCUT2D eigenvalue weighted by Crippen LogP contribution is 2.30. The fourth-order valence-corrected chi connectivity index (χ4v) is 2.48. The zero-order chi connectivity index (χ0) is 12.7. The standard InChI is InChI=1S/C16H10N3/c1-2-5-12-9-15-13(8-11(12)4-1)6-3-7-14(15)16-10-17-19-18-16/h1-9H,(H,17,18,19). The Labute approximate surface area is 109 Å². The van der Waals surface area contributed by atoms with Gasteiger partial charge in [-0.1, -0.05) is 47.7 Å². The molecule has 0 fully saturated rings. The highest BCUT2D eigenvalue weighted by Gasteiger charge is 2.06. The molecule has 0 unspecified atom stereocenters. The molecule has 4 rings (SSSR count). The summed E-state index contributed by atoms with van der Waals surface area (Å²) in [6, 6.07) is 19.0. The van der Waals surface area contributed by atoms with Crippen molar-refractivity contribution in [2.75, 3.05) is 0 Å². The second-order valence-corrected chi connectivity index (χ2v) is 4.52. The van der Waals surface area contributed by atoms with E-state index in [2.05, 4.69) is 70.1 Å². The predicted octanol–water partition coefficient (Wildman–Crippen LogP) is 3.58. The number of aromatic amines is 1. The number of hydrogen-bond donors (Lipinski definition) is 1. The molecule has 0 bridgehead atoms. The van der Waals surface area contributed by atoms with Crippen molar-refractivity contribution in [1.29, 1.82) is 0 Å². The number of rotatable bonds is 1. The lowest BCUT2D eigenvalue weighted by Gasteiger charge is -2.06. The van der Waals surface area contributed by atoms with Gasteiger partial charge in [-0.25, -0.2) is 0 Å². The van der Waals surface area contributed by atoms with Crippen LogP contribution in [-0.4, -0.2) is 15.4 Å². The third-order valence-corrected chi connectivity index (χ3v) is 3.39. The molecule has 0 spiro atoms. The first kappa shape index (κ1) is 10.3. The van der Waals surface area contributed by atoms with Crippen LogP contribution in [0.15, 0.2) is 54.6 Å². The summed E-state index contributed by atoms with van der Waals surface area (Å²) < 4.78 is 0. The number of nitrogens with one attached hydrogen (secondary N) is 1. The minimum Gasteiger partial charge on any atom is -0.257 e. The van der Waals surface area contributed by atoms with Gasteiger partial charge in [0, 0.05) is 5.56 Å². The molecular weight excluding hydrogens is 234 g/mol. The first-order chi connectivity index (χ1) is 9.42. The summed E-state index contributed by atoms with van der Waals surface area (Å²) in [5, 5.41) is 15.2. The molecule has 0 saturated carbocycles. The van der Waals surface area contributed by atoms with Gasteiger partial charge in [0.15, 0.2) is 0 Å². The lowest BCUT2D eigenvalue weighted by atomic mass is 9.98. The van der Waals surface area contributed by atoms with Crippen LogP contribution in [0, 0.1) is 6.20 Å². The summed E-state index contributed by atoms with van der Waals surface area (Å²) in [6.07, 6.45) is 2.88. The second-order valence-electron chi connectivity index (χ2n) is 4.52. The average Bonchev–Trinajstić information content (AvgIpc) is 2.98. The number of hydrogen-bond acceptors (Lipinski definition) is 2. The van der Waals surface area contributed by atoms with Crippen LogP contribution in [-0.2, 0) is 0 Å². The van der Waals surface area contributed by atoms with Crippen molar-refractivity contribution in [2.45, 2.75) is 0 Å². The SMILES string of the molecule is [c]1nn[nH]c1-c1cccc2cc3ccccc3cc12. The van der Waals surface area contributed by atoms with Gasteiger partial charge >= 0.3 is 0 Å². The van der Waals surface area contributed by atoms with Crippen molar-refractivity contribution in [2.24, 2.45) is 0 Å². The van der Waals surface area contributed by atoms with E-state index in [-0.39, 0.29) is 0 Å². The van der Waals surface area contributed by atoms with Crippen LogP contribution >= 0.6 is 0 Å². The molecule has 0 atom stereocenters. The summed E-state index contributed by atoms with van der Waals surface area (Å²) in [4.78, 5) is 0. The summed E-state index contributed by atoms with van der Waals surface area (Å²) in [6.45, 7) is 0. The van der Waals surface area contributed by atoms with Gasteiger partial charge < -0.3 is 0 Å². The molecule has 0 aliphatic rings. The van der Waals surface area contributed by atoms with Crippen molar-refractivity contribution >= 4 is 21.5 Å². The Kier molecular flexibility index (Phi) is 2.12. The van der Waals surface area contributed by atoms with Gasteiger partial charge in [-0.15, -0.1) is 5.10 Å². The molecule has 1 heterocycles. The number of H-pyrrole nitrogens is 1. The lowest BCUT2D eigenvalue weighted by Crippen LogP contribution is -1.83. The highest BCUT2D eigenvalue weighted by atomic mass is 15.3. The third-order valence-electron chi connectivity index (χ3n) is 3.39. The van der Waals surface area contributed by atoms with Crippen molar-refractivity contribution in [3.63, 3.8) is 0 Å². The fourth-order valence-electron chi connectivity index (χ4n) is 2.48. The van der Waals surface area contributed by atoms with E-state index in [1.807, 2.05) is 6.07 Å². The normalized spacial score (nSPS) is 11.2. The molecule has 0 amide bonds. The van der Waals surface area contributed by atoms with E-state index < -0.39 is 0 Å². The van der Waals surface area contributed by atoms with E-state index in [1.54, 1.807) is 0 Å². The molecule has 3 aromatic carbocycles. The van der Waals surface area contributed by atoms with E-state index in [0.717, 1.165) is 11.3 Å². The van der Waals surface area contributed by atoms with Gasteiger partial charge in [-0.05, 0) is 33.7 Å².